The van der Waals surface area contributed by atoms with Gasteiger partial charge < -0.3 is 0 Å². The molecule has 2 nitrogen and oxygen atoms in total. The van der Waals surface area contributed by atoms with E-state index < -0.39 is 0 Å². The van der Waals surface area contributed by atoms with Crippen molar-refractivity contribution in [2.24, 2.45) is 0 Å². The Morgan fingerprint density at radius 2 is 1.85 bits per heavy atom. The van der Waals surface area contributed by atoms with Gasteiger partial charge >= 0.3 is 0 Å². The highest BCUT2D eigenvalue weighted by Gasteiger charge is 2.02. The summed E-state index contributed by atoms with van der Waals surface area (Å²) in [5, 5.41) is 4.44. The van der Waals surface area contributed by atoms with E-state index in [9.17, 15) is 0 Å². The third-order valence-corrected chi connectivity index (χ3v) is 3.77. The van der Waals surface area contributed by atoms with Gasteiger partial charge in [-0.2, -0.15) is 5.10 Å². The van der Waals surface area contributed by atoms with Crippen molar-refractivity contribution in [3.8, 4) is 11.1 Å². The van der Waals surface area contributed by atoms with Crippen molar-refractivity contribution in [2.45, 2.75) is 13.5 Å². The van der Waals surface area contributed by atoms with Crippen LogP contribution in [-0.2, 0) is 6.54 Å². The maximum absolute atomic E-state index is 4.44. The summed E-state index contributed by atoms with van der Waals surface area (Å²) in [7, 11) is 0. The lowest BCUT2D eigenvalue weighted by atomic mass is 10.1. The van der Waals surface area contributed by atoms with Crippen LogP contribution in [0, 0.1) is 6.92 Å². The fourth-order valence-corrected chi connectivity index (χ4v) is 2.50. The number of nitrogens with zero attached hydrogens (tertiary/aromatic N) is 2. The molecule has 1 heterocycles. The van der Waals surface area contributed by atoms with Crippen LogP contribution in [0.5, 0.6) is 0 Å². The molecule has 0 bridgehead atoms. The minimum Gasteiger partial charge on any atom is -0.268 e. The molecule has 0 fully saturated rings. The third kappa shape index (κ3) is 2.99. The highest BCUT2D eigenvalue weighted by molar-refractivity contribution is 9.10. The first kappa shape index (κ1) is 13.1. The van der Waals surface area contributed by atoms with Gasteiger partial charge in [0.05, 0.1) is 12.7 Å². The fourth-order valence-electron chi connectivity index (χ4n) is 2.24. The molecule has 0 atom stereocenters. The Labute approximate surface area is 127 Å². The van der Waals surface area contributed by atoms with Gasteiger partial charge in [-0.25, -0.2) is 0 Å². The van der Waals surface area contributed by atoms with Gasteiger partial charge in [-0.3, -0.25) is 4.68 Å². The zero-order chi connectivity index (χ0) is 13.9. The van der Waals surface area contributed by atoms with Gasteiger partial charge in [0, 0.05) is 16.2 Å². The largest absolute Gasteiger partial charge is 0.268 e. The van der Waals surface area contributed by atoms with Crippen molar-refractivity contribution < 1.29 is 0 Å². The molecule has 0 aliphatic carbocycles. The molecule has 3 rings (SSSR count). The van der Waals surface area contributed by atoms with Gasteiger partial charge in [0.15, 0.2) is 0 Å². The highest BCUT2D eigenvalue weighted by atomic mass is 79.9. The summed E-state index contributed by atoms with van der Waals surface area (Å²) >= 11 is 3.45. The summed E-state index contributed by atoms with van der Waals surface area (Å²) in [6.45, 7) is 2.91. The van der Waals surface area contributed by atoms with Crippen molar-refractivity contribution in [3.63, 3.8) is 0 Å². The van der Waals surface area contributed by atoms with Crippen molar-refractivity contribution in [3.05, 3.63) is 76.5 Å². The molecule has 1 aromatic heterocycles. The fraction of sp³-hybridized carbons (Fsp3) is 0.118. The first-order valence-electron chi connectivity index (χ1n) is 6.55. The van der Waals surface area contributed by atoms with Crippen LogP contribution < -0.4 is 0 Å². The van der Waals surface area contributed by atoms with Crippen molar-refractivity contribution in [1.29, 1.82) is 0 Å². The zero-order valence-corrected chi connectivity index (χ0v) is 12.8. The Balaban J connectivity index is 1.82. The normalized spacial score (nSPS) is 10.7. The summed E-state index contributed by atoms with van der Waals surface area (Å²) in [6.07, 6.45) is 4.00. The summed E-state index contributed by atoms with van der Waals surface area (Å²) in [5.74, 6) is 0. The Morgan fingerprint density at radius 1 is 1.05 bits per heavy atom. The topological polar surface area (TPSA) is 17.8 Å². The standard InChI is InChI=1S/C17H15BrN2/c1-13-3-2-4-14(9-13)11-20-12-16(10-19-20)15-5-7-17(18)8-6-15/h2-10,12H,11H2,1H3. The van der Waals surface area contributed by atoms with Gasteiger partial charge in [-0.15, -0.1) is 0 Å². The van der Waals surface area contributed by atoms with E-state index >= 15 is 0 Å². The number of halogens is 1. The van der Waals surface area contributed by atoms with E-state index in [1.165, 1.54) is 16.7 Å². The Bertz CT molecular complexity index is 714. The molecule has 0 saturated carbocycles. The molecule has 0 aliphatic rings. The van der Waals surface area contributed by atoms with Gasteiger partial charge in [-0.05, 0) is 30.2 Å². The lowest BCUT2D eigenvalue weighted by molar-refractivity contribution is 0.686. The summed E-state index contributed by atoms with van der Waals surface area (Å²) < 4.78 is 3.07. The van der Waals surface area contributed by atoms with E-state index in [4.69, 9.17) is 0 Å². The molecule has 3 heteroatoms. The van der Waals surface area contributed by atoms with Crippen molar-refractivity contribution in [1.82, 2.24) is 9.78 Å². The van der Waals surface area contributed by atoms with Crippen LogP contribution in [0.4, 0.5) is 0 Å². The molecule has 20 heavy (non-hydrogen) atoms. The zero-order valence-electron chi connectivity index (χ0n) is 11.3. The number of hydrogen-bond acceptors (Lipinski definition) is 1. The molecule has 0 spiro atoms. The van der Waals surface area contributed by atoms with Gasteiger partial charge in [0.25, 0.3) is 0 Å². The SMILES string of the molecule is Cc1cccc(Cn2cc(-c3ccc(Br)cc3)cn2)c1. The van der Waals surface area contributed by atoms with Crippen LogP contribution in [0.2, 0.25) is 0 Å². The first-order chi connectivity index (χ1) is 9.70. The Hall–Kier alpha value is -1.87. The van der Waals surface area contributed by atoms with Gasteiger partial charge in [-0.1, -0.05) is 57.9 Å². The Kier molecular flexibility index (Phi) is 3.70. The predicted molar refractivity (Wildman–Crippen MR) is 85.6 cm³/mol. The molecule has 0 N–H and O–H groups in total. The predicted octanol–water partition coefficient (Wildman–Crippen LogP) is 4.67. The first-order valence-corrected chi connectivity index (χ1v) is 7.34. The molecule has 3 aromatic rings. The molecule has 100 valence electrons. The van der Waals surface area contributed by atoms with Crippen LogP contribution in [0.15, 0.2) is 65.4 Å². The van der Waals surface area contributed by atoms with Crippen LogP contribution >= 0.6 is 15.9 Å². The molecule has 0 saturated heterocycles. The second kappa shape index (κ2) is 5.63. The molecular weight excluding hydrogens is 312 g/mol. The molecule has 0 unspecified atom stereocenters. The Morgan fingerprint density at radius 3 is 2.60 bits per heavy atom. The number of aromatic nitrogens is 2. The second-order valence-corrected chi connectivity index (χ2v) is 5.84. The minimum atomic E-state index is 0.804. The summed E-state index contributed by atoms with van der Waals surface area (Å²) in [4.78, 5) is 0. The number of hydrogen-bond donors (Lipinski definition) is 0. The van der Waals surface area contributed by atoms with Crippen molar-refractivity contribution >= 4 is 15.9 Å². The second-order valence-electron chi connectivity index (χ2n) is 4.92. The average molecular weight is 327 g/mol. The lowest BCUT2D eigenvalue weighted by Crippen LogP contribution is -1.99. The van der Waals surface area contributed by atoms with Crippen LogP contribution in [0.1, 0.15) is 11.1 Å². The number of aryl methyl sites for hydroxylation is 1. The monoisotopic (exact) mass is 326 g/mol. The number of benzene rings is 2. The van der Waals surface area contributed by atoms with Crippen molar-refractivity contribution in [2.75, 3.05) is 0 Å². The van der Waals surface area contributed by atoms with E-state index in [1.807, 2.05) is 23.0 Å². The maximum atomic E-state index is 4.44. The third-order valence-electron chi connectivity index (χ3n) is 3.24. The lowest BCUT2D eigenvalue weighted by Gasteiger charge is -2.03. The summed E-state index contributed by atoms with van der Waals surface area (Å²) in [6, 6.07) is 16.8. The minimum absolute atomic E-state index is 0.804. The molecule has 0 amide bonds. The molecule has 2 aromatic carbocycles. The van der Waals surface area contributed by atoms with E-state index in [1.54, 1.807) is 0 Å². The quantitative estimate of drug-likeness (QED) is 0.683. The van der Waals surface area contributed by atoms with Crippen LogP contribution in [-0.4, -0.2) is 9.78 Å². The van der Waals surface area contributed by atoms with E-state index in [0.29, 0.717) is 0 Å². The van der Waals surface area contributed by atoms with Gasteiger partial charge in [0.2, 0.25) is 0 Å². The molecule has 0 radical (unpaired) electrons. The summed E-state index contributed by atoms with van der Waals surface area (Å²) in [5.41, 5.74) is 4.88. The van der Waals surface area contributed by atoms with Gasteiger partial charge in [0.1, 0.15) is 0 Å². The number of rotatable bonds is 3. The van der Waals surface area contributed by atoms with E-state index in [-0.39, 0.29) is 0 Å². The van der Waals surface area contributed by atoms with E-state index in [2.05, 4.69) is 70.5 Å². The molecule has 0 aliphatic heterocycles. The molecular formula is C17H15BrN2. The smallest absolute Gasteiger partial charge is 0.0659 e. The van der Waals surface area contributed by atoms with Crippen LogP contribution in [0.3, 0.4) is 0 Å². The van der Waals surface area contributed by atoms with E-state index in [0.717, 1.165) is 16.6 Å². The average Bonchev–Trinajstić information content (AvgIpc) is 2.88. The maximum Gasteiger partial charge on any atom is 0.0659 e. The van der Waals surface area contributed by atoms with Crippen LogP contribution in [0.25, 0.3) is 11.1 Å². The highest BCUT2D eigenvalue weighted by Crippen LogP contribution is 2.21.